The summed E-state index contributed by atoms with van der Waals surface area (Å²) < 4.78 is 5.15. The molecular weight excluding hydrogens is 240 g/mol. The van der Waals surface area contributed by atoms with E-state index in [2.05, 4.69) is 27.4 Å². The second-order valence-corrected chi connectivity index (χ2v) is 4.25. The van der Waals surface area contributed by atoms with Gasteiger partial charge >= 0.3 is 0 Å². The average Bonchev–Trinajstić information content (AvgIpc) is 2.48. The first-order valence-corrected chi connectivity index (χ1v) is 5.99. The minimum atomic E-state index is 0.652. The Morgan fingerprint density at radius 3 is 2.63 bits per heavy atom. The molecule has 0 saturated carbocycles. The molecule has 0 bridgehead atoms. The molecule has 5 nitrogen and oxygen atoms in total. The summed E-state index contributed by atoms with van der Waals surface area (Å²) in [4.78, 5) is 6.22. The lowest BCUT2D eigenvalue weighted by Gasteiger charge is -2.20. The van der Waals surface area contributed by atoms with Gasteiger partial charge in [0.25, 0.3) is 0 Å². The third-order valence-electron chi connectivity index (χ3n) is 2.91. The Hall–Kier alpha value is -2.27. The third-order valence-corrected chi connectivity index (χ3v) is 2.91. The Kier molecular flexibility index (Phi) is 4.20. The van der Waals surface area contributed by atoms with Crippen LogP contribution in [0, 0.1) is 0 Å². The molecule has 1 heterocycles. The number of nitrogens with one attached hydrogen (secondary N) is 1. The van der Waals surface area contributed by atoms with Gasteiger partial charge in [-0.1, -0.05) is 12.1 Å². The number of anilines is 2. The zero-order valence-electron chi connectivity index (χ0n) is 11.1. The largest absolute Gasteiger partial charge is 0.497 e. The van der Waals surface area contributed by atoms with Crippen molar-refractivity contribution in [3.05, 3.63) is 48.2 Å². The van der Waals surface area contributed by atoms with Gasteiger partial charge in [0.15, 0.2) is 0 Å². The van der Waals surface area contributed by atoms with Crippen molar-refractivity contribution >= 4 is 11.5 Å². The lowest BCUT2D eigenvalue weighted by molar-refractivity contribution is 0.414. The van der Waals surface area contributed by atoms with Gasteiger partial charge in [-0.2, -0.15) is 0 Å². The van der Waals surface area contributed by atoms with Crippen molar-refractivity contribution in [2.45, 2.75) is 6.54 Å². The number of hydrogen-bond donors (Lipinski definition) is 2. The quantitative estimate of drug-likeness (QED) is 0.634. The summed E-state index contributed by atoms with van der Waals surface area (Å²) >= 11 is 0. The summed E-state index contributed by atoms with van der Waals surface area (Å²) in [5, 5.41) is 0. The first-order chi connectivity index (χ1) is 9.22. The van der Waals surface area contributed by atoms with E-state index in [0.717, 1.165) is 18.0 Å². The van der Waals surface area contributed by atoms with Crippen LogP contribution in [-0.4, -0.2) is 19.1 Å². The van der Waals surface area contributed by atoms with Crippen molar-refractivity contribution in [2.24, 2.45) is 5.84 Å². The highest BCUT2D eigenvalue weighted by atomic mass is 16.5. The van der Waals surface area contributed by atoms with Crippen LogP contribution in [0.2, 0.25) is 0 Å². The first kappa shape index (κ1) is 13.2. The van der Waals surface area contributed by atoms with E-state index in [1.165, 1.54) is 5.56 Å². The van der Waals surface area contributed by atoms with Gasteiger partial charge < -0.3 is 15.1 Å². The number of nitrogens with zero attached hydrogens (tertiary/aromatic N) is 2. The number of hydrogen-bond acceptors (Lipinski definition) is 5. The monoisotopic (exact) mass is 258 g/mol. The molecule has 0 amide bonds. The van der Waals surface area contributed by atoms with Gasteiger partial charge in [-0.3, -0.25) is 0 Å². The number of methoxy groups -OCH3 is 1. The highest BCUT2D eigenvalue weighted by Gasteiger charge is 2.04. The molecule has 19 heavy (non-hydrogen) atoms. The maximum absolute atomic E-state index is 5.36. The van der Waals surface area contributed by atoms with Gasteiger partial charge in [0.1, 0.15) is 11.6 Å². The molecule has 3 N–H and O–H groups in total. The number of ether oxygens (including phenoxy) is 1. The fraction of sp³-hybridized carbons (Fsp3) is 0.214. The number of aromatic nitrogens is 1. The van der Waals surface area contributed by atoms with Crippen molar-refractivity contribution in [2.75, 3.05) is 24.5 Å². The zero-order valence-corrected chi connectivity index (χ0v) is 11.1. The summed E-state index contributed by atoms with van der Waals surface area (Å²) in [6.07, 6.45) is 1.73. The molecule has 1 aromatic heterocycles. The highest BCUT2D eigenvalue weighted by molar-refractivity contribution is 5.53. The van der Waals surface area contributed by atoms with Crippen LogP contribution in [0.3, 0.4) is 0 Å². The first-order valence-electron chi connectivity index (χ1n) is 5.99. The van der Waals surface area contributed by atoms with Gasteiger partial charge in [-0.05, 0) is 23.8 Å². The fourth-order valence-electron chi connectivity index (χ4n) is 1.83. The number of hydrazine groups is 1. The van der Waals surface area contributed by atoms with E-state index in [4.69, 9.17) is 10.6 Å². The second-order valence-electron chi connectivity index (χ2n) is 4.25. The molecule has 0 aliphatic heterocycles. The van der Waals surface area contributed by atoms with Crippen LogP contribution in [0.1, 0.15) is 5.56 Å². The zero-order chi connectivity index (χ0) is 13.7. The molecule has 1 aromatic carbocycles. The Bertz CT molecular complexity index is 527. The van der Waals surface area contributed by atoms with Crippen molar-refractivity contribution < 1.29 is 4.74 Å². The molecule has 0 fully saturated rings. The van der Waals surface area contributed by atoms with Crippen molar-refractivity contribution in [3.8, 4) is 5.75 Å². The van der Waals surface area contributed by atoms with Crippen LogP contribution >= 0.6 is 0 Å². The summed E-state index contributed by atoms with van der Waals surface area (Å²) in [6, 6.07) is 11.9. The van der Waals surface area contributed by atoms with Crippen LogP contribution in [0.25, 0.3) is 0 Å². The van der Waals surface area contributed by atoms with Crippen LogP contribution in [0.5, 0.6) is 5.75 Å². The smallest absolute Gasteiger partial charge is 0.141 e. The molecule has 2 aromatic rings. The number of benzene rings is 1. The fourth-order valence-corrected chi connectivity index (χ4v) is 1.83. The average molecular weight is 258 g/mol. The molecule has 100 valence electrons. The number of nitrogen functional groups attached to an aromatic ring is 1. The predicted molar refractivity (Wildman–Crippen MR) is 77.1 cm³/mol. The van der Waals surface area contributed by atoms with Gasteiger partial charge in [-0.15, -0.1) is 0 Å². The van der Waals surface area contributed by atoms with Crippen LogP contribution in [0.4, 0.5) is 11.5 Å². The number of rotatable bonds is 5. The minimum absolute atomic E-state index is 0.652. The van der Waals surface area contributed by atoms with Gasteiger partial charge in [-0.25, -0.2) is 10.8 Å². The molecule has 0 radical (unpaired) electrons. The summed E-state index contributed by atoms with van der Waals surface area (Å²) in [5.41, 5.74) is 4.81. The lowest BCUT2D eigenvalue weighted by Crippen LogP contribution is -2.17. The Balaban J connectivity index is 2.08. The van der Waals surface area contributed by atoms with Gasteiger partial charge in [0, 0.05) is 31.5 Å². The van der Waals surface area contributed by atoms with E-state index in [-0.39, 0.29) is 0 Å². The van der Waals surface area contributed by atoms with Crippen LogP contribution in [0.15, 0.2) is 42.6 Å². The summed E-state index contributed by atoms with van der Waals surface area (Å²) in [6.45, 7) is 0.804. The molecular formula is C14H18N4O. The molecule has 5 heteroatoms. The molecule has 0 atom stereocenters. The number of nitrogens with two attached hydrogens (primary N) is 1. The molecule has 0 aliphatic carbocycles. The Morgan fingerprint density at radius 2 is 2.00 bits per heavy atom. The van der Waals surface area contributed by atoms with Crippen molar-refractivity contribution in [3.63, 3.8) is 0 Å². The summed E-state index contributed by atoms with van der Waals surface area (Å²) in [5.74, 6) is 6.88. The van der Waals surface area contributed by atoms with E-state index < -0.39 is 0 Å². The summed E-state index contributed by atoms with van der Waals surface area (Å²) in [7, 11) is 3.69. The SMILES string of the molecule is COc1ccc(CN(C)c2ccnc(NN)c2)cc1. The van der Waals surface area contributed by atoms with E-state index in [9.17, 15) is 0 Å². The van der Waals surface area contributed by atoms with E-state index >= 15 is 0 Å². The molecule has 0 saturated heterocycles. The van der Waals surface area contributed by atoms with Gasteiger partial charge in [0.2, 0.25) is 0 Å². The van der Waals surface area contributed by atoms with E-state index in [1.807, 2.05) is 31.3 Å². The van der Waals surface area contributed by atoms with E-state index in [0.29, 0.717) is 5.82 Å². The van der Waals surface area contributed by atoms with E-state index in [1.54, 1.807) is 13.3 Å². The Morgan fingerprint density at radius 1 is 1.26 bits per heavy atom. The van der Waals surface area contributed by atoms with Crippen molar-refractivity contribution in [1.29, 1.82) is 0 Å². The second kappa shape index (κ2) is 6.06. The van der Waals surface area contributed by atoms with Crippen molar-refractivity contribution in [1.82, 2.24) is 4.98 Å². The number of pyridine rings is 1. The molecule has 0 aliphatic rings. The van der Waals surface area contributed by atoms with Crippen LogP contribution in [-0.2, 0) is 6.54 Å². The molecule has 0 spiro atoms. The molecule has 2 rings (SSSR count). The van der Waals surface area contributed by atoms with Gasteiger partial charge in [0.05, 0.1) is 7.11 Å². The topological polar surface area (TPSA) is 63.4 Å². The predicted octanol–water partition coefficient (Wildman–Crippen LogP) is 2.01. The Labute approximate surface area is 113 Å². The third kappa shape index (κ3) is 3.35. The highest BCUT2D eigenvalue weighted by Crippen LogP contribution is 2.19. The maximum Gasteiger partial charge on any atom is 0.141 e. The minimum Gasteiger partial charge on any atom is -0.497 e. The standard InChI is InChI=1S/C14H18N4O/c1-18(12-7-8-16-14(9-12)17-15)10-11-3-5-13(19-2)6-4-11/h3-9H,10,15H2,1-2H3,(H,16,17). The molecule has 0 unspecified atom stereocenters. The maximum atomic E-state index is 5.36. The lowest BCUT2D eigenvalue weighted by atomic mass is 10.2. The normalized spacial score (nSPS) is 10.1. The van der Waals surface area contributed by atoms with Crippen LogP contribution < -0.4 is 20.9 Å².